The van der Waals surface area contributed by atoms with Gasteiger partial charge in [0, 0.05) is 19.2 Å². The molecular formula is C18H29NO. The maximum absolute atomic E-state index is 5.57. The fourth-order valence-electron chi connectivity index (χ4n) is 3.19. The number of benzene rings is 1. The zero-order valence-corrected chi connectivity index (χ0v) is 13.2. The molecule has 1 unspecified atom stereocenters. The van der Waals surface area contributed by atoms with Crippen molar-refractivity contribution in [3.05, 3.63) is 35.4 Å². The van der Waals surface area contributed by atoms with Crippen LogP contribution in [0.5, 0.6) is 0 Å². The van der Waals surface area contributed by atoms with Crippen molar-refractivity contribution >= 4 is 0 Å². The Balaban J connectivity index is 1.96. The lowest BCUT2D eigenvalue weighted by Gasteiger charge is -2.39. The van der Waals surface area contributed by atoms with Crippen LogP contribution in [0, 0.1) is 5.41 Å². The molecule has 1 atom stereocenters. The van der Waals surface area contributed by atoms with Crippen LogP contribution in [0.4, 0.5) is 0 Å². The number of hydrogen-bond acceptors (Lipinski definition) is 2. The summed E-state index contributed by atoms with van der Waals surface area (Å²) in [6, 6.07) is 9.26. The summed E-state index contributed by atoms with van der Waals surface area (Å²) in [5.41, 5.74) is 3.12. The van der Waals surface area contributed by atoms with Gasteiger partial charge in [-0.25, -0.2) is 0 Å². The molecule has 0 bridgehead atoms. The van der Waals surface area contributed by atoms with E-state index in [-0.39, 0.29) is 0 Å². The Morgan fingerprint density at radius 3 is 2.65 bits per heavy atom. The van der Waals surface area contributed by atoms with Crippen LogP contribution < -0.4 is 5.32 Å². The standard InChI is InChI=1S/C18H29NO/c1-4-20-14-16-10-6-5-9-15(16)13-19-17-11-7-8-12-18(17,2)3/h5-6,9-10,17,19H,4,7-8,11-14H2,1-3H3. The summed E-state index contributed by atoms with van der Waals surface area (Å²) in [5, 5.41) is 3.79. The molecule has 0 heterocycles. The van der Waals surface area contributed by atoms with Gasteiger partial charge < -0.3 is 10.1 Å². The molecule has 1 fully saturated rings. The third kappa shape index (κ3) is 4.07. The molecule has 1 aromatic carbocycles. The second-order valence-corrected chi connectivity index (χ2v) is 6.57. The molecule has 20 heavy (non-hydrogen) atoms. The summed E-state index contributed by atoms with van der Waals surface area (Å²) >= 11 is 0. The van der Waals surface area contributed by atoms with E-state index < -0.39 is 0 Å². The van der Waals surface area contributed by atoms with Gasteiger partial charge in [-0.15, -0.1) is 0 Å². The summed E-state index contributed by atoms with van der Waals surface area (Å²) in [7, 11) is 0. The lowest BCUT2D eigenvalue weighted by molar-refractivity contribution is 0.132. The molecule has 1 saturated carbocycles. The van der Waals surface area contributed by atoms with Gasteiger partial charge in [0.25, 0.3) is 0 Å². The van der Waals surface area contributed by atoms with Crippen LogP contribution in [-0.2, 0) is 17.9 Å². The SMILES string of the molecule is CCOCc1ccccc1CNC1CCCCC1(C)C. The summed E-state index contributed by atoms with van der Waals surface area (Å²) in [4.78, 5) is 0. The van der Waals surface area contributed by atoms with Gasteiger partial charge in [0.15, 0.2) is 0 Å². The topological polar surface area (TPSA) is 21.3 Å². The Morgan fingerprint density at radius 1 is 1.20 bits per heavy atom. The highest BCUT2D eigenvalue weighted by Crippen LogP contribution is 2.35. The van der Waals surface area contributed by atoms with Crippen molar-refractivity contribution in [3.63, 3.8) is 0 Å². The monoisotopic (exact) mass is 275 g/mol. The minimum absolute atomic E-state index is 0.424. The molecule has 2 nitrogen and oxygen atoms in total. The molecule has 0 saturated heterocycles. The molecule has 1 aliphatic carbocycles. The maximum atomic E-state index is 5.57. The lowest BCUT2D eigenvalue weighted by Crippen LogP contribution is -2.43. The number of ether oxygens (including phenoxy) is 1. The van der Waals surface area contributed by atoms with E-state index in [9.17, 15) is 0 Å². The molecule has 0 aliphatic heterocycles. The first-order chi connectivity index (χ1) is 9.63. The first-order valence-corrected chi connectivity index (χ1v) is 8.01. The van der Waals surface area contributed by atoms with Crippen molar-refractivity contribution in [1.29, 1.82) is 0 Å². The fourth-order valence-corrected chi connectivity index (χ4v) is 3.19. The molecule has 0 aromatic heterocycles. The first kappa shape index (κ1) is 15.5. The smallest absolute Gasteiger partial charge is 0.0719 e. The quantitative estimate of drug-likeness (QED) is 0.836. The molecule has 0 spiro atoms. The zero-order valence-electron chi connectivity index (χ0n) is 13.2. The molecule has 112 valence electrons. The minimum atomic E-state index is 0.424. The molecule has 0 amide bonds. The summed E-state index contributed by atoms with van der Waals surface area (Å²) in [5.74, 6) is 0. The minimum Gasteiger partial charge on any atom is -0.377 e. The van der Waals surface area contributed by atoms with Crippen LogP contribution in [0.1, 0.15) is 57.6 Å². The second-order valence-electron chi connectivity index (χ2n) is 6.57. The Labute approximate surface area is 123 Å². The third-order valence-corrected chi connectivity index (χ3v) is 4.63. The molecule has 2 rings (SSSR count). The van der Waals surface area contributed by atoms with E-state index in [1.807, 2.05) is 6.92 Å². The van der Waals surface area contributed by atoms with Gasteiger partial charge in [-0.3, -0.25) is 0 Å². The van der Waals surface area contributed by atoms with Crippen molar-refractivity contribution in [2.75, 3.05) is 6.61 Å². The van der Waals surface area contributed by atoms with Crippen LogP contribution in [0.15, 0.2) is 24.3 Å². The summed E-state index contributed by atoms with van der Waals surface area (Å²) < 4.78 is 5.57. The average molecular weight is 275 g/mol. The Morgan fingerprint density at radius 2 is 1.95 bits per heavy atom. The van der Waals surface area contributed by atoms with Crippen LogP contribution >= 0.6 is 0 Å². The molecule has 0 radical (unpaired) electrons. The maximum Gasteiger partial charge on any atom is 0.0719 e. The summed E-state index contributed by atoms with van der Waals surface area (Å²) in [6.45, 7) is 9.30. The van der Waals surface area contributed by atoms with Gasteiger partial charge in [0.1, 0.15) is 0 Å². The molecular weight excluding hydrogens is 246 g/mol. The normalized spacial score (nSPS) is 21.9. The Bertz CT molecular complexity index is 414. The zero-order chi connectivity index (χ0) is 14.4. The highest BCUT2D eigenvalue weighted by atomic mass is 16.5. The van der Waals surface area contributed by atoms with Gasteiger partial charge in [0.05, 0.1) is 6.61 Å². The van der Waals surface area contributed by atoms with E-state index >= 15 is 0 Å². The van der Waals surface area contributed by atoms with Crippen molar-refractivity contribution in [3.8, 4) is 0 Å². The van der Waals surface area contributed by atoms with Gasteiger partial charge in [-0.05, 0) is 36.3 Å². The van der Waals surface area contributed by atoms with Crippen LogP contribution in [0.2, 0.25) is 0 Å². The number of rotatable bonds is 6. The van der Waals surface area contributed by atoms with E-state index in [4.69, 9.17) is 4.74 Å². The summed E-state index contributed by atoms with van der Waals surface area (Å²) in [6.07, 6.45) is 5.39. The molecule has 2 heteroatoms. The van der Waals surface area contributed by atoms with Gasteiger partial charge >= 0.3 is 0 Å². The van der Waals surface area contributed by atoms with Crippen molar-refractivity contribution in [1.82, 2.24) is 5.32 Å². The van der Waals surface area contributed by atoms with Gasteiger partial charge in [-0.1, -0.05) is 51.0 Å². The lowest BCUT2D eigenvalue weighted by atomic mass is 9.73. The fraction of sp³-hybridized carbons (Fsp3) is 0.667. The largest absolute Gasteiger partial charge is 0.377 e. The van der Waals surface area contributed by atoms with E-state index in [0.29, 0.717) is 11.5 Å². The van der Waals surface area contributed by atoms with Gasteiger partial charge in [0.2, 0.25) is 0 Å². The van der Waals surface area contributed by atoms with E-state index in [1.165, 1.54) is 36.8 Å². The van der Waals surface area contributed by atoms with Crippen molar-refractivity contribution in [2.24, 2.45) is 5.41 Å². The highest BCUT2D eigenvalue weighted by Gasteiger charge is 2.31. The van der Waals surface area contributed by atoms with Gasteiger partial charge in [-0.2, -0.15) is 0 Å². The molecule has 1 N–H and O–H groups in total. The number of nitrogens with one attached hydrogen (secondary N) is 1. The second kappa shape index (κ2) is 7.24. The highest BCUT2D eigenvalue weighted by molar-refractivity contribution is 5.26. The molecule has 1 aliphatic rings. The van der Waals surface area contributed by atoms with Crippen LogP contribution in [-0.4, -0.2) is 12.6 Å². The molecule has 1 aromatic rings. The van der Waals surface area contributed by atoms with E-state index in [1.54, 1.807) is 0 Å². The van der Waals surface area contributed by atoms with Crippen LogP contribution in [0.3, 0.4) is 0 Å². The van der Waals surface area contributed by atoms with Crippen molar-refractivity contribution in [2.45, 2.75) is 65.6 Å². The Hall–Kier alpha value is -0.860. The van der Waals surface area contributed by atoms with Crippen molar-refractivity contribution < 1.29 is 4.74 Å². The first-order valence-electron chi connectivity index (χ1n) is 8.01. The van der Waals surface area contributed by atoms with Crippen LogP contribution in [0.25, 0.3) is 0 Å². The average Bonchev–Trinajstić information content (AvgIpc) is 2.44. The predicted octanol–water partition coefficient (Wildman–Crippen LogP) is 4.28. The number of hydrogen-bond donors (Lipinski definition) is 1. The van der Waals surface area contributed by atoms with E-state index in [2.05, 4.69) is 43.4 Å². The third-order valence-electron chi connectivity index (χ3n) is 4.63. The predicted molar refractivity (Wildman–Crippen MR) is 84.6 cm³/mol. The Kier molecular flexibility index (Phi) is 5.62. The van der Waals surface area contributed by atoms with E-state index in [0.717, 1.165) is 19.8 Å².